The van der Waals surface area contributed by atoms with Crippen LogP contribution in [-0.4, -0.2) is 64.1 Å². The van der Waals surface area contributed by atoms with Crippen LogP contribution in [0.25, 0.3) is 11.0 Å². The lowest BCUT2D eigenvalue weighted by Crippen LogP contribution is -2.48. The molecule has 32 heavy (non-hydrogen) atoms. The maximum absolute atomic E-state index is 13.4. The van der Waals surface area contributed by atoms with Crippen LogP contribution in [0.5, 0.6) is 0 Å². The van der Waals surface area contributed by atoms with Gasteiger partial charge in [0.15, 0.2) is 0 Å². The first-order valence-corrected chi connectivity index (χ1v) is 11.5. The lowest BCUT2D eigenvalue weighted by atomic mass is 9.94. The molecule has 0 spiro atoms. The molecule has 1 saturated heterocycles. The maximum Gasteiger partial charge on any atom is 0.257 e. The van der Waals surface area contributed by atoms with Crippen molar-refractivity contribution in [1.29, 1.82) is 0 Å². The van der Waals surface area contributed by atoms with E-state index in [2.05, 4.69) is 15.3 Å². The minimum absolute atomic E-state index is 0.0214. The number of nitrogens with one attached hydrogen (secondary N) is 2. The normalized spacial score (nSPS) is 16.9. The number of aromatic amines is 1. The zero-order valence-electron chi connectivity index (χ0n) is 16.7. The summed E-state index contributed by atoms with van der Waals surface area (Å²) in [5, 5.41) is 21.9. The standard InChI is InChI=1S/C20H20ClFN4O5S/c21-15-7-12(1-2-16(15)22)25-19(28)14-8-13(9-17-18(14)24-11-23-17)32(30,31)26-5-3-20(29,10-27)4-6-26/h1-2,7-9,11,27,29H,3-6,10H2,(H,23,24)(H,25,28). The Morgan fingerprint density at radius 1 is 1.28 bits per heavy atom. The van der Waals surface area contributed by atoms with Gasteiger partial charge in [-0.15, -0.1) is 0 Å². The maximum atomic E-state index is 13.4. The summed E-state index contributed by atoms with van der Waals surface area (Å²) in [5.74, 6) is -1.27. The van der Waals surface area contributed by atoms with E-state index in [1.807, 2.05) is 0 Å². The van der Waals surface area contributed by atoms with E-state index in [4.69, 9.17) is 11.6 Å². The molecule has 0 unspecified atom stereocenters. The number of rotatable bonds is 5. The number of aromatic nitrogens is 2. The second kappa shape index (κ2) is 8.41. The molecule has 1 aliphatic heterocycles. The average Bonchev–Trinajstić information content (AvgIpc) is 3.24. The van der Waals surface area contributed by atoms with Crippen molar-refractivity contribution in [2.75, 3.05) is 25.0 Å². The van der Waals surface area contributed by atoms with E-state index in [0.717, 1.165) is 6.07 Å². The summed E-state index contributed by atoms with van der Waals surface area (Å²) < 4.78 is 41.0. The number of anilines is 1. The number of aliphatic hydroxyl groups excluding tert-OH is 1. The molecule has 4 N–H and O–H groups in total. The van der Waals surface area contributed by atoms with Gasteiger partial charge < -0.3 is 20.5 Å². The number of benzene rings is 2. The van der Waals surface area contributed by atoms with Gasteiger partial charge in [-0.25, -0.2) is 17.8 Å². The summed E-state index contributed by atoms with van der Waals surface area (Å²) in [7, 11) is -4.00. The molecule has 1 aliphatic rings. The van der Waals surface area contributed by atoms with Crippen LogP contribution in [0.15, 0.2) is 41.6 Å². The summed E-state index contributed by atoms with van der Waals surface area (Å²) in [4.78, 5) is 19.7. The van der Waals surface area contributed by atoms with E-state index < -0.39 is 34.0 Å². The molecule has 2 heterocycles. The van der Waals surface area contributed by atoms with E-state index in [9.17, 15) is 27.8 Å². The Morgan fingerprint density at radius 3 is 2.66 bits per heavy atom. The number of imidazole rings is 1. The number of hydrogen-bond acceptors (Lipinski definition) is 6. The van der Waals surface area contributed by atoms with Gasteiger partial charge in [-0.2, -0.15) is 4.31 Å². The van der Waals surface area contributed by atoms with Crippen LogP contribution >= 0.6 is 11.6 Å². The predicted molar refractivity (Wildman–Crippen MR) is 115 cm³/mol. The number of fused-ring (bicyclic) bond motifs is 1. The fourth-order valence-corrected chi connectivity index (χ4v) is 5.24. The molecular formula is C20H20ClFN4O5S. The van der Waals surface area contributed by atoms with Gasteiger partial charge in [0.2, 0.25) is 10.0 Å². The smallest absolute Gasteiger partial charge is 0.257 e. The van der Waals surface area contributed by atoms with E-state index in [1.165, 1.54) is 34.9 Å². The SMILES string of the molecule is O=C(Nc1ccc(F)c(Cl)c1)c1cc(S(=O)(=O)N2CCC(O)(CO)CC2)cc2nc[nH]c12. The third kappa shape index (κ3) is 4.21. The molecule has 0 atom stereocenters. The van der Waals surface area contributed by atoms with Crippen molar-refractivity contribution in [2.24, 2.45) is 0 Å². The lowest BCUT2D eigenvalue weighted by Gasteiger charge is -2.36. The van der Waals surface area contributed by atoms with Crippen molar-refractivity contribution in [3.8, 4) is 0 Å². The fourth-order valence-electron chi connectivity index (χ4n) is 3.57. The van der Waals surface area contributed by atoms with Crippen LogP contribution in [0, 0.1) is 5.82 Å². The summed E-state index contributed by atoms with van der Waals surface area (Å²) in [5.41, 5.74) is -0.427. The number of aliphatic hydroxyl groups is 2. The van der Waals surface area contributed by atoms with Crippen LogP contribution in [0.1, 0.15) is 23.2 Å². The number of hydrogen-bond donors (Lipinski definition) is 4. The Kier molecular flexibility index (Phi) is 5.94. The minimum atomic E-state index is -4.00. The molecule has 1 aromatic heterocycles. The van der Waals surface area contributed by atoms with Crippen molar-refractivity contribution in [1.82, 2.24) is 14.3 Å². The zero-order chi connectivity index (χ0) is 23.1. The predicted octanol–water partition coefficient (Wildman–Crippen LogP) is 2.12. The van der Waals surface area contributed by atoms with Gasteiger partial charge in [0, 0.05) is 18.8 Å². The van der Waals surface area contributed by atoms with E-state index in [1.54, 1.807) is 0 Å². The van der Waals surface area contributed by atoms with Crippen molar-refractivity contribution in [3.05, 3.63) is 53.1 Å². The van der Waals surface area contributed by atoms with E-state index in [-0.39, 0.29) is 52.6 Å². The highest BCUT2D eigenvalue weighted by Gasteiger charge is 2.37. The molecule has 4 rings (SSSR count). The monoisotopic (exact) mass is 482 g/mol. The molecular weight excluding hydrogens is 463 g/mol. The molecule has 170 valence electrons. The molecule has 1 amide bonds. The highest BCUT2D eigenvalue weighted by atomic mass is 35.5. The zero-order valence-corrected chi connectivity index (χ0v) is 18.2. The largest absolute Gasteiger partial charge is 0.393 e. The number of nitrogens with zero attached hydrogens (tertiary/aromatic N) is 2. The van der Waals surface area contributed by atoms with Crippen molar-refractivity contribution >= 4 is 44.3 Å². The van der Waals surface area contributed by atoms with Crippen LogP contribution < -0.4 is 5.32 Å². The third-order valence-electron chi connectivity index (χ3n) is 5.51. The molecule has 0 saturated carbocycles. The molecule has 1 fully saturated rings. The van der Waals surface area contributed by atoms with Crippen molar-refractivity contribution < 1.29 is 27.8 Å². The summed E-state index contributed by atoms with van der Waals surface area (Å²) in [6.07, 6.45) is 1.52. The summed E-state index contributed by atoms with van der Waals surface area (Å²) in [6.45, 7) is -0.404. The van der Waals surface area contributed by atoms with Crippen molar-refractivity contribution in [2.45, 2.75) is 23.3 Å². The van der Waals surface area contributed by atoms with Gasteiger partial charge in [-0.1, -0.05) is 11.6 Å². The van der Waals surface area contributed by atoms with Gasteiger partial charge in [0.1, 0.15) is 5.82 Å². The molecule has 3 aromatic rings. The lowest BCUT2D eigenvalue weighted by molar-refractivity contribution is -0.0480. The summed E-state index contributed by atoms with van der Waals surface area (Å²) >= 11 is 5.76. The molecule has 0 radical (unpaired) electrons. The Bertz CT molecular complexity index is 1290. The van der Waals surface area contributed by atoms with E-state index >= 15 is 0 Å². The first kappa shape index (κ1) is 22.6. The van der Waals surface area contributed by atoms with Crippen LogP contribution in [0.3, 0.4) is 0 Å². The second-order valence-electron chi connectivity index (χ2n) is 7.64. The number of amides is 1. The molecule has 12 heteroatoms. The number of carbonyl (C=O) groups excluding carboxylic acids is 1. The Morgan fingerprint density at radius 2 is 2.00 bits per heavy atom. The highest BCUT2D eigenvalue weighted by molar-refractivity contribution is 7.89. The third-order valence-corrected chi connectivity index (χ3v) is 7.68. The second-order valence-corrected chi connectivity index (χ2v) is 9.98. The van der Waals surface area contributed by atoms with Crippen LogP contribution in [0.4, 0.5) is 10.1 Å². The highest BCUT2D eigenvalue weighted by Crippen LogP contribution is 2.29. The Labute approximate surface area is 187 Å². The number of halogens is 2. The molecule has 9 nitrogen and oxygen atoms in total. The van der Waals surface area contributed by atoms with Gasteiger partial charge >= 0.3 is 0 Å². The number of piperidine rings is 1. The first-order chi connectivity index (χ1) is 15.1. The van der Waals surface area contributed by atoms with Gasteiger partial charge in [0.25, 0.3) is 5.91 Å². The summed E-state index contributed by atoms with van der Waals surface area (Å²) in [6, 6.07) is 6.28. The van der Waals surface area contributed by atoms with Crippen LogP contribution in [-0.2, 0) is 10.0 Å². The molecule has 0 bridgehead atoms. The molecule has 2 aromatic carbocycles. The fraction of sp³-hybridized carbons (Fsp3) is 0.300. The van der Waals surface area contributed by atoms with E-state index in [0.29, 0.717) is 5.52 Å². The average molecular weight is 483 g/mol. The topological polar surface area (TPSA) is 136 Å². The first-order valence-electron chi connectivity index (χ1n) is 9.70. The quantitative estimate of drug-likeness (QED) is 0.440. The number of carbonyl (C=O) groups is 1. The van der Waals surface area contributed by atoms with Crippen LogP contribution in [0.2, 0.25) is 5.02 Å². The number of H-pyrrole nitrogens is 1. The van der Waals surface area contributed by atoms with Gasteiger partial charge in [0.05, 0.1) is 45.1 Å². The van der Waals surface area contributed by atoms with Gasteiger partial charge in [-0.05, 0) is 43.2 Å². The van der Waals surface area contributed by atoms with Gasteiger partial charge in [-0.3, -0.25) is 4.79 Å². The van der Waals surface area contributed by atoms with Crippen molar-refractivity contribution in [3.63, 3.8) is 0 Å². The Balaban J connectivity index is 1.67. The Hall–Kier alpha value is -2.57. The molecule has 0 aliphatic carbocycles. The minimum Gasteiger partial charge on any atom is -0.393 e. The number of sulfonamides is 1.